The lowest BCUT2D eigenvalue weighted by Crippen LogP contribution is -2.26. The smallest absolute Gasteiger partial charge is 0.258 e. The van der Waals surface area contributed by atoms with E-state index in [1.54, 1.807) is 48.3 Å². The van der Waals surface area contributed by atoms with Gasteiger partial charge in [-0.25, -0.2) is 0 Å². The number of benzene rings is 2. The number of rotatable bonds is 3. The second kappa shape index (κ2) is 5.89. The highest BCUT2D eigenvalue weighted by atomic mass is 16.2. The Hall–Kier alpha value is -2.80. The summed E-state index contributed by atoms with van der Waals surface area (Å²) >= 11 is 0. The maximum atomic E-state index is 12.3. The summed E-state index contributed by atoms with van der Waals surface area (Å²) in [6.07, 6.45) is 0. The second-order valence-electron chi connectivity index (χ2n) is 4.35. The maximum absolute atomic E-state index is 12.3. The van der Waals surface area contributed by atoms with Gasteiger partial charge in [0.25, 0.3) is 5.91 Å². The van der Waals surface area contributed by atoms with Gasteiger partial charge in [-0.1, -0.05) is 0 Å². The van der Waals surface area contributed by atoms with Gasteiger partial charge in [0.1, 0.15) is 0 Å². The summed E-state index contributed by atoms with van der Waals surface area (Å²) in [5.41, 5.74) is 2.91. The van der Waals surface area contributed by atoms with Crippen molar-refractivity contribution in [3.05, 3.63) is 59.7 Å². The monoisotopic (exact) mass is 265 g/mol. The number of amides is 1. The molecule has 2 aromatic carbocycles. The molecule has 4 heteroatoms. The average Bonchev–Trinajstić information content (AvgIpc) is 2.53. The molecule has 0 bridgehead atoms. The number of hydrogen-bond acceptors (Lipinski definition) is 3. The minimum Gasteiger partial charge on any atom is -0.388 e. The molecular formula is C16H15N3O. The third-order valence-corrected chi connectivity index (χ3v) is 3.11. The summed E-state index contributed by atoms with van der Waals surface area (Å²) in [6, 6.07) is 16.3. The van der Waals surface area contributed by atoms with E-state index in [2.05, 4.69) is 11.4 Å². The number of nitriles is 1. The fraction of sp³-hybridized carbons (Fsp3) is 0.125. The lowest BCUT2D eigenvalue weighted by molar-refractivity contribution is 0.0993. The summed E-state index contributed by atoms with van der Waals surface area (Å²) in [6.45, 7) is 0. The van der Waals surface area contributed by atoms with Gasteiger partial charge >= 0.3 is 0 Å². The largest absolute Gasteiger partial charge is 0.388 e. The van der Waals surface area contributed by atoms with E-state index in [4.69, 9.17) is 5.26 Å². The third kappa shape index (κ3) is 2.78. The predicted molar refractivity (Wildman–Crippen MR) is 79.9 cm³/mol. The minimum atomic E-state index is -0.0858. The van der Waals surface area contributed by atoms with Crippen LogP contribution >= 0.6 is 0 Å². The molecule has 0 fully saturated rings. The molecule has 0 aromatic heterocycles. The van der Waals surface area contributed by atoms with Gasteiger partial charge in [-0.3, -0.25) is 4.79 Å². The van der Waals surface area contributed by atoms with Crippen LogP contribution in [0.15, 0.2) is 48.5 Å². The van der Waals surface area contributed by atoms with Crippen LogP contribution in [0.3, 0.4) is 0 Å². The van der Waals surface area contributed by atoms with Crippen LogP contribution in [0.1, 0.15) is 15.9 Å². The van der Waals surface area contributed by atoms with Crippen molar-refractivity contribution in [1.82, 2.24) is 0 Å². The zero-order chi connectivity index (χ0) is 14.5. The van der Waals surface area contributed by atoms with Crippen LogP contribution in [-0.2, 0) is 0 Å². The van der Waals surface area contributed by atoms with Gasteiger partial charge < -0.3 is 10.2 Å². The van der Waals surface area contributed by atoms with Crippen molar-refractivity contribution in [2.45, 2.75) is 0 Å². The van der Waals surface area contributed by atoms with Crippen LogP contribution in [0.4, 0.5) is 11.4 Å². The van der Waals surface area contributed by atoms with Crippen molar-refractivity contribution < 1.29 is 4.79 Å². The van der Waals surface area contributed by atoms with Crippen LogP contribution in [0.25, 0.3) is 0 Å². The zero-order valence-corrected chi connectivity index (χ0v) is 11.4. The van der Waals surface area contributed by atoms with Crippen molar-refractivity contribution in [3.63, 3.8) is 0 Å². The van der Waals surface area contributed by atoms with Crippen LogP contribution in [0.5, 0.6) is 0 Å². The summed E-state index contributed by atoms with van der Waals surface area (Å²) < 4.78 is 0. The molecule has 1 N–H and O–H groups in total. The van der Waals surface area contributed by atoms with E-state index >= 15 is 0 Å². The van der Waals surface area contributed by atoms with Crippen molar-refractivity contribution >= 4 is 17.3 Å². The van der Waals surface area contributed by atoms with Crippen LogP contribution in [0.2, 0.25) is 0 Å². The lowest BCUT2D eigenvalue weighted by Gasteiger charge is -2.17. The number of carbonyl (C=O) groups excluding carboxylic acids is 1. The average molecular weight is 265 g/mol. The first-order chi connectivity index (χ1) is 9.65. The first kappa shape index (κ1) is 13.6. The first-order valence-electron chi connectivity index (χ1n) is 6.21. The van der Waals surface area contributed by atoms with Gasteiger partial charge in [0.2, 0.25) is 0 Å². The first-order valence-corrected chi connectivity index (χ1v) is 6.21. The van der Waals surface area contributed by atoms with E-state index in [-0.39, 0.29) is 5.91 Å². The molecule has 0 saturated carbocycles. The van der Waals surface area contributed by atoms with E-state index in [9.17, 15) is 4.79 Å². The Morgan fingerprint density at radius 1 is 1.10 bits per heavy atom. The topological polar surface area (TPSA) is 56.1 Å². The molecule has 0 atom stereocenters. The molecule has 2 rings (SSSR count). The third-order valence-electron chi connectivity index (χ3n) is 3.11. The van der Waals surface area contributed by atoms with E-state index in [1.165, 1.54) is 0 Å². The Kier molecular flexibility index (Phi) is 4.02. The molecule has 2 aromatic rings. The second-order valence-corrected chi connectivity index (χ2v) is 4.35. The number of carbonyl (C=O) groups is 1. The van der Waals surface area contributed by atoms with Gasteiger partial charge in [-0.05, 0) is 48.5 Å². The molecule has 0 spiro atoms. The molecule has 0 aliphatic carbocycles. The van der Waals surface area contributed by atoms with Crippen molar-refractivity contribution in [2.75, 3.05) is 24.3 Å². The fourth-order valence-electron chi connectivity index (χ4n) is 1.85. The summed E-state index contributed by atoms with van der Waals surface area (Å²) in [5, 5.41) is 11.8. The lowest BCUT2D eigenvalue weighted by atomic mass is 10.1. The molecule has 0 saturated heterocycles. The quantitative estimate of drug-likeness (QED) is 0.928. The number of anilines is 2. The molecular weight excluding hydrogens is 250 g/mol. The molecule has 0 heterocycles. The molecule has 0 aliphatic heterocycles. The molecule has 100 valence electrons. The Morgan fingerprint density at radius 3 is 2.20 bits per heavy atom. The van der Waals surface area contributed by atoms with E-state index in [0.717, 1.165) is 11.4 Å². The van der Waals surface area contributed by atoms with E-state index in [1.807, 2.05) is 19.2 Å². The number of hydrogen-bond donors (Lipinski definition) is 1. The Bertz CT molecular complexity index is 639. The van der Waals surface area contributed by atoms with Crippen LogP contribution in [-0.4, -0.2) is 20.0 Å². The zero-order valence-electron chi connectivity index (χ0n) is 11.4. The number of nitrogens with zero attached hydrogens (tertiary/aromatic N) is 2. The normalized spacial score (nSPS) is 9.65. The summed E-state index contributed by atoms with van der Waals surface area (Å²) in [7, 11) is 3.55. The maximum Gasteiger partial charge on any atom is 0.258 e. The number of nitrogens with one attached hydrogen (secondary N) is 1. The van der Waals surface area contributed by atoms with Gasteiger partial charge in [0.15, 0.2) is 0 Å². The van der Waals surface area contributed by atoms with Crippen molar-refractivity contribution in [3.8, 4) is 6.07 Å². The predicted octanol–water partition coefficient (Wildman–Crippen LogP) is 2.88. The van der Waals surface area contributed by atoms with Crippen molar-refractivity contribution in [1.29, 1.82) is 5.26 Å². The van der Waals surface area contributed by atoms with E-state index < -0.39 is 0 Å². The van der Waals surface area contributed by atoms with E-state index in [0.29, 0.717) is 11.1 Å². The highest BCUT2D eigenvalue weighted by Crippen LogP contribution is 2.17. The molecule has 20 heavy (non-hydrogen) atoms. The fourth-order valence-corrected chi connectivity index (χ4v) is 1.85. The Morgan fingerprint density at radius 2 is 1.70 bits per heavy atom. The minimum absolute atomic E-state index is 0.0858. The molecule has 1 amide bonds. The molecule has 0 aliphatic rings. The highest BCUT2D eigenvalue weighted by molar-refractivity contribution is 6.05. The molecule has 0 unspecified atom stereocenters. The van der Waals surface area contributed by atoms with Gasteiger partial charge in [-0.2, -0.15) is 5.26 Å². The highest BCUT2D eigenvalue weighted by Gasteiger charge is 2.13. The standard InChI is InChI=1S/C16H15N3O/c1-18-14-7-5-13(6-8-14)16(20)19(2)15-9-3-12(11-17)4-10-15/h3-10,18H,1-2H3. The molecule has 0 radical (unpaired) electrons. The van der Waals surface area contributed by atoms with Crippen molar-refractivity contribution in [2.24, 2.45) is 0 Å². The SMILES string of the molecule is CNc1ccc(C(=O)N(C)c2ccc(C#N)cc2)cc1. The summed E-state index contributed by atoms with van der Waals surface area (Å²) in [4.78, 5) is 13.9. The Balaban J connectivity index is 2.20. The van der Waals surface area contributed by atoms with Crippen LogP contribution in [0, 0.1) is 11.3 Å². The van der Waals surface area contributed by atoms with Crippen LogP contribution < -0.4 is 10.2 Å². The Labute approximate surface area is 118 Å². The van der Waals surface area contributed by atoms with Gasteiger partial charge in [0, 0.05) is 31.0 Å². The van der Waals surface area contributed by atoms with Gasteiger partial charge in [0.05, 0.1) is 11.6 Å². The van der Waals surface area contributed by atoms with Gasteiger partial charge in [-0.15, -0.1) is 0 Å². The molecule has 4 nitrogen and oxygen atoms in total. The summed E-state index contributed by atoms with van der Waals surface area (Å²) in [5.74, 6) is -0.0858.